The molecule has 0 radical (unpaired) electrons. The predicted octanol–water partition coefficient (Wildman–Crippen LogP) is 7.58. The minimum Gasteiger partial charge on any atom is -0.493 e. The van der Waals surface area contributed by atoms with Gasteiger partial charge in [0.15, 0.2) is 0 Å². The number of benzene rings is 3. The van der Waals surface area contributed by atoms with Gasteiger partial charge in [0.25, 0.3) is 0 Å². The predicted molar refractivity (Wildman–Crippen MR) is 147 cm³/mol. The number of unbranched alkanes of at least 4 members (excludes halogenated alkanes) is 5. The van der Waals surface area contributed by atoms with E-state index >= 15 is 0 Å². The zero-order valence-corrected chi connectivity index (χ0v) is 21.6. The number of hydrogen-bond acceptors (Lipinski definition) is 5. The van der Waals surface area contributed by atoms with Gasteiger partial charge in [-0.1, -0.05) is 87.7 Å². The first-order chi connectivity index (χ1) is 18.1. The standard InChI is InChI=1S/C32H36O5/c1-3-25-20-21-29(35-22-12-7-5-6-8-13-23-36-31(33)4-2)24-30(25)37-32(34)28-18-16-27(17-19-28)26-14-10-9-11-15-26/h4,9-11,14-21,24H,2-3,5-8,12-13,22-23H2,1H3. The Kier molecular flexibility index (Phi) is 11.5. The number of hydrogen-bond donors (Lipinski definition) is 0. The molecule has 5 nitrogen and oxygen atoms in total. The smallest absolute Gasteiger partial charge is 0.343 e. The Balaban J connectivity index is 1.43. The zero-order valence-electron chi connectivity index (χ0n) is 21.6. The van der Waals surface area contributed by atoms with Crippen LogP contribution in [0.15, 0.2) is 85.5 Å². The fraction of sp³-hybridized carbons (Fsp3) is 0.312. The highest BCUT2D eigenvalue weighted by molar-refractivity contribution is 5.91. The van der Waals surface area contributed by atoms with Crippen LogP contribution in [0.25, 0.3) is 11.1 Å². The molecule has 37 heavy (non-hydrogen) atoms. The van der Waals surface area contributed by atoms with Gasteiger partial charge >= 0.3 is 11.9 Å². The van der Waals surface area contributed by atoms with E-state index in [4.69, 9.17) is 14.2 Å². The summed E-state index contributed by atoms with van der Waals surface area (Å²) < 4.78 is 16.7. The number of rotatable bonds is 15. The molecule has 0 heterocycles. The first-order valence-corrected chi connectivity index (χ1v) is 13.0. The number of ether oxygens (including phenoxy) is 3. The second-order valence-corrected chi connectivity index (χ2v) is 8.80. The maximum Gasteiger partial charge on any atom is 0.343 e. The van der Waals surface area contributed by atoms with Crippen LogP contribution in [-0.2, 0) is 16.0 Å². The van der Waals surface area contributed by atoms with Gasteiger partial charge in [-0.25, -0.2) is 9.59 Å². The van der Waals surface area contributed by atoms with Crippen molar-refractivity contribution in [1.82, 2.24) is 0 Å². The van der Waals surface area contributed by atoms with Gasteiger partial charge in [0.05, 0.1) is 18.8 Å². The quantitative estimate of drug-likeness (QED) is 0.0931. The van der Waals surface area contributed by atoms with Crippen LogP contribution in [0.1, 0.15) is 61.4 Å². The van der Waals surface area contributed by atoms with Crippen molar-refractivity contribution in [3.63, 3.8) is 0 Å². The van der Waals surface area contributed by atoms with Crippen LogP contribution < -0.4 is 9.47 Å². The Labute approximate surface area is 220 Å². The highest BCUT2D eigenvalue weighted by atomic mass is 16.5. The van der Waals surface area contributed by atoms with Crippen LogP contribution in [0.5, 0.6) is 11.5 Å². The molecule has 3 aromatic carbocycles. The summed E-state index contributed by atoms with van der Waals surface area (Å²) >= 11 is 0. The summed E-state index contributed by atoms with van der Waals surface area (Å²) in [6.07, 6.45) is 8.08. The van der Waals surface area contributed by atoms with Crippen LogP contribution >= 0.6 is 0 Å². The van der Waals surface area contributed by atoms with Crippen molar-refractivity contribution in [2.45, 2.75) is 51.9 Å². The third-order valence-corrected chi connectivity index (χ3v) is 6.07. The summed E-state index contributed by atoms with van der Waals surface area (Å²) in [5.74, 6) is 0.489. The molecule has 0 aliphatic rings. The highest BCUT2D eigenvalue weighted by Gasteiger charge is 2.13. The van der Waals surface area contributed by atoms with Crippen LogP contribution in [0, 0.1) is 0 Å². The monoisotopic (exact) mass is 500 g/mol. The highest BCUT2D eigenvalue weighted by Crippen LogP contribution is 2.27. The Bertz CT molecular complexity index is 1140. The van der Waals surface area contributed by atoms with Gasteiger partial charge in [0, 0.05) is 12.1 Å². The minimum atomic E-state index is -0.384. The van der Waals surface area contributed by atoms with Crippen molar-refractivity contribution in [1.29, 1.82) is 0 Å². The Morgan fingerprint density at radius 1 is 0.784 bits per heavy atom. The van der Waals surface area contributed by atoms with E-state index in [9.17, 15) is 9.59 Å². The Morgan fingerprint density at radius 3 is 2.11 bits per heavy atom. The molecular formula is C32H36O5. The maximum atomic E-state index is 12.8. The number of carbonyl (C=O) groups excluding carboxylic acids is 2. The molecule has 3 rings (SSSR count). The molecule has 0 bridgehead atoms. The van der Waals surface area contributed by atoms with Gasteiger partial charge in [-0.3, -0.25) is 0 Å². The van der Waals surface area contributed by atoms with Crippen molar-refractivity contribution in [3.8, 4) is 22.6 Å². The molecule has 0 amide bonds. The van der Waals surface area contributed by atoms with E-state index in [0.29, 0.717) is 30.3 Å². The van der Waals surface area contributed by atoms with Crippen molar-refractivity contribution >= 4 is 11.9 Å². The average Bonchev–Trinajstić information content (AvgIpc) is 2.94. The maximum absolute atomic E-state index is 12.8. The number of aryl methyl sites for hydroxylation is 1. The first-order valence-electron chi connectivity index (χ1n) is 13.0. The molecular weight excluding hydrogens is 464 g/mol. The molecule has 0 spiro atoms. The topological polar surface area (TPSA) is 61.8 Å². The fourth-order valence-electron chi connectivity index (χ4n) is 3.93. The van der Waals surface area contributed by atoms with E-state index < -0.39 is 0 Å². The molecule has 0 saturated carbocycles. The van der Waals surface area contributed by atoms with E-state index in [1.54, 1.807) is 18.2 Å². The lowest BCUT2D eigenvalue weighted by Crippen LogP contribution is -2.10. The summed E-state index contributed by atoms with van der Waals surface area (Å²) in [7, 11) is 0. The summed E-state index contributed by atoms with van der Waals surface area (Å²) in [6.45, 7) is 6.47. The molecule has 0 aliphatic carbocycles. The molecule has 3 aromatic rings. The molecule has 194 valence electrons. The van der Waals surface area contributed by atoms with E-state index in [1.807, 2.05) is 61.5 Å². The second-order valence-electron chi connectivity index (χ2n) is 8.80. The van der Waals surface area contributed by atoms with Crippen LogP contribution in [-0.4, -0.2) is 25.2 Å². The van der Waals surface area contributed by atoms with Crippen LogP contribution in [0.2, 0.25) is 0 Å². The van der Waals surface area contributed by atoms with Crippen molar-refractivity contribution in [2.24, 2.45) is 0 Å². The average molecular weight is 501 g/mol. The second kappa shape index (κ2) is 15.3. The third-order valence-electron chi connectivity index (χ3n) is 6.07. The lowest BCUT2D eigenvalue weighted by molar-refractivity contribution is -0.137. The van der Waals surface area contributed by atoms with E-state index in [0.717, 1.165) is 61.6 Å². The van der Waals surface area contributed by atoms with Gasteiger partial charge < -0.3 is 14.2 Å². The minimum absolute atomic E-state index is 0.362. The normalized spacial score (nSPS) is 10.5. The van der Waals surface area contributed by atoms with Gasteiger partial charge in [0.1, 0.15) is 11.5 Å². The lowest BCUT2D eigenvalue weighted by atomic mass is 10.0. The molecule has 0 N–H and O–H groups in total. The first kappa shape index (κ1) is 27.7. The summed E-state index contributed by atoms with van der Waals surface area (Å²) in [5, 5.41) is 0. The zero-order chi connectivity index (χ0) is 26.3. The molecule has 0 fully saturated rings. The summed E-state index contributed by atoms with van der Waals surface area (Å²) in [5.41, 5.74) is 3.62. The Morgan fingerprint density at radius 2 is 1.43 bits per heavy atom. The molecule has 0 atom stereocenters. The summed E-state index contributed by atoms with van der Waals surface area (Å²) in [6, 6.07) is 23.2. The molecule has 5 heteroatoms. The molecule has 0 saturated heterocycles. The van der Waals surface area contributed by atoms with Crippen LogP contribution in [0.3, 0.4) is 0 Å². The van der Waals surface area contributed by atoms with Gasteiger partial charge in [-0.2, -0.15) is 0 Å². The molecule has 0 aromatic heterocycles. The van der Waals surface area contributed by atoms with E-state index in [-0.39, 0.29) is 11.9 Å². The van der Waals surface area contributed by atoms with Crippen LogP contribution in [0.4, 0.5) is 0 Å². The number of esters is 2. The number of carbonyl (C=O) groups is 2. The largest absolute Gasteiger partial charge is 0.493 e. The van der Waals surface area contributed by atoms with E-state index in [2.05, 4.69) is 6.58 Å². The van der Waals surface area contributed by atoms with Gasteiger partial charge in [0.2, 0.25) is 0 Å². The van der Waals surface area contributed by atoms with Gasteiger partial charge in [-0.15, -0.1) is 0 Å². The third kappa shape index (κ3) is 9.26. The van der Waals surface area contributed by atoms with Crippen molar-refractivity contribution in [2.75, 3.05) is 13.2 Å². The summed E-state index contributed by atoms with van der Waals surface area (Å²) in [4.78, 5) is 23.8. The van der Waals surface area contributed by atoms with Crippen molar-refractivity contribution in [3.05, 3.63) is 96.6 Å². The SMILES string of the molecule is C=CC(=O)OCCCCCCCCOc1ccc(CC)c(OC(=O)c2ccc(-c3ccccc3)cc2)c1. The molecule has 0 aliphatic heterocycles. The lowest BCUT2D eigenvalue weighted by Gasteiger charge is -2.12. The van der Waals surface area contributed by atoms with Crippen molar-refractivity contribution < 1.29 is 23.8 Å². The van der Waals surface area contributed by atoms with E-state index in [1.165, 1.54) is 6.08 Å². The Hall–Kier alpha value is -3.86. The van der Waals surface area contributed by atoms with Gasteiger partial charge in [-0.05, 0) is 54.2 Å². The molecule has 0 unspecified atom stereocenters. The fourth-order valence-corrected chi connectivity index (χ4v) is 3.93.